The summed E-state index contributed by atoms with van der Waals surface area (Å²) in [5, 5.41) is 0. The summed E-state index contributed by atoms with van der Waals surface area (Å²) >= 11 is 0. The van der Waals surface area contributed by atoms with Gasteiger partial charge >= 0.3 is 0 Å². The Hall–Kier alpha value is -0.780. The smallest absolute Gasteiger partial charge is 0.00455 e. The van der Waals surface area contributed by atoms with Crippen LogP contribution in [0.4, 0.5) is 0 Å². The first-order chi connectivity index (χ1) is 5.38. The van der Waals surface area contributed by atoms with Crippen LogP contribution in [-0.2, 0) is 0 Å². The van der Waals surface area contributed by atoms with Crippen molar-refractivity contribution in [3.05, 3.63) is 35.5 Å². The molecular weight excluding hydrogens is 132 g/mol. The molecule has 2 aliphatic carbocycles. The van der Waals surface area contributed by atoms with Crippen molar-refractivity contribution in [2.24, 2.45) is 5.92 Å². The van der Waals surface area contributed by atoms with Gasteiger partial charge in [-0.2, -0.15) is 0 Å². The Morgan fingerprint density at radius 2 is 1.82 bits per heavy atom. The molecule has 1 atom stereocenters. The van der Waals surface area contributed by atoms with Crippen LogP contribution < -0.4 is 0 Å². The van der Waals surface area contributed by atoms with Crippen molar-refractivity contribution >= 4 is 0 Å². The van der Waals surface area contributed by atoms with Gasteiger partial charge in [0.15, 0.2) is 0 Å². The molecule has 0 aromatic heterocycles. The summed E-state index contributed by atoms with van der Waals surface area (Å²) in [5.74, 6) is 0.698. The minimum atomic E-state index is 0.698. The molecule has 0 spiro atoms. The molecule has 0 saturated heterocycles. The van der Waals surface area contributed by atoms with Crippen molar-refractivity contribution in [1.29, 1.82) is 0 Å². The maximum Gasteiger partial charge on any atom is -0.00455 e. The quantitative estimate of drug-likeness (QED) is 0.460. The molecule has 0 N–H and O–H groups in total. The van der Waals surface area contributed by atoms with Gasteiger partial charge in [0.25, 0.3) is 0 Å². The lowest BCUT2D eigenvalue weighted by Crippen LogP contribution is -2.06. The Balaban J connectivity index is 2.25. The highest BCUT2D eigenvalue weighted by molar-refractivity contribution is 5.32. The zero-order valence-electron chi connectivity index (χ0n) is 7.01. The minimum absolute atomic E-state index is 0.698. The van der Waals surface area contributed by atoms with Crippen LogP contribution in [0.25, 0.3) is 0 Å². The molecule has 0 fully saturated rings. The lowest BCUT2D eigenvalue weighted by molar-refractivity contribution is 0.760. The van der Waals surface area contributed by atoms with E-state index in [4.69, 9.17) is 0 Å². The molecular formula is C11H14. The van der Waals surface area contributed by atoms with Crippen molar-refractivity contribution in [1.82, 2.24) is 0 Å². The van der Waals surface area contributed by atoms with E-state index in [0.717, 1.165) is 0 Å². The Kier molecular flexibility index (Phi) is 1.69. The Bertz CT molecular complexity index is 237. The molecule has 0 saturated carbocycles. The highest BCUT2D eigenvalue weighted by Crippen LogP contribution is 2.32. The van der Waals surface area contributed by atoms with Crippen molar-refractivity contribution in [2.75, 3.05) is 0 Å². The van der Waals surface area contributed by atoms with E-state index in [-0.39, 0.29) is 0 Å². The molecule has 11 heavy (non-hydrogen) atoms. The van der Waals surface area contributed by atoms with Crippen molar-refractivity contribution in [2.45, 2.75) is 26.2 Å². The maximum absolute atomic E-state index is 2.33. The van der Waals surface area contributed by atoms with Gasteiger partial charge in [0.1, 0.15) is 0 Å². The van der Waals surface area contributed by atoms with Gasteiger partial charge in [0.05, 0.1) is 0 Å². The van der Waals surface area contributed by atoms with Crippen LogP contribution >= 0.6 is 0 Å². The van der Waals surface area contributed by atoms with Gasteiger partial charge in [-0.05, 0) is 25.2 Å². The lowest BCUT2D eigenvalue weighted by atomic mass is 9.83. The van der Waals surface area contributed by atoms with Gasteiger partial charge in [-0.3, -0.25) is 0 Å². The van der Waals surface area contributed by atoms with Crippen LogP contribution in [-0.4, -0.2) is 0 Å². The molecule has 2 aliphatic rings. The molecule has 0 radical (unpaired) electrons. The van der Waals surface area contributed by atoms with Crippen LogP contribution in [0.5, 0.6) is 0 Å². The topological polar surface area (TPSA) is 0 Å². The van der Waals surface area contributed by atoms with Crippen molar-refractivity contribution < 1.29 is 0 Å². The van der Waals surface area contributed by atoms with Crippen LogP contribution in [0.1, 0.15) is 26.2 Å². The summed E-state index contributed by atoms with van der Waals surface area (Å²) in [6.45, 7) is 2.30. The maximum atomic E-state index is 2.33. The van der Waals surface area contributed by atoms with E-state index < -0.39 is 0 Å². The van der Waals surface area contributed by atoms with Crippen LogP contribution in [0.3, 0.4) is 0 Å². The number of hydrogen-bond donors (Lipinski definition) is 0. The molecule has 0 bridgehead atoms. The van der Waals surface area contributed by atoms with E-state index in [1.165, 1.54) is 19.3 Å². The first kappa shape index (κ1) is 6.90. The van der Waals surface area contributed by atoms with E-state index in [0.29, 0.717) is 5.92 Å². The lowest BCUT2D eigenvalue weighted by Gasteiger charge is -2.23. The van der Waals surface area contributed by atoms with E-state index in [1.54, 1.807) is 11.1 Å². The zero-order valence-corrected chi connectivity index (χ0v) is 7.01. The van der Waals surface area contributed by atoms with Crippen LogP contribution in [0.15, 0.2) is 35.5 Å². The number of rotatable bonds is 0. The van der Waals surface area contributed by atoms with E-state index >= 15 is 0 Å². The highest BCUT2D eigenvalue weighted by Gasteiger charge is 2.15. The fourth-order valence-corrected chi connectivity index (χ4v) is 1.96. The largest absolute Gasteiger partial charge is 0.0841 e. The molecule has 0 aliphatic heterocycles. The van der Waals surface area contributed by atoms with Gasteiger partial charge in [-0.15, -0.1) is 0 Å². The molecule has 1 unspecified atom stereocenters. The Morgan fingerprint density at radius 3 is 2.64 bits per heavy atom. The molecule has 0 aromatic rings. The summed E-state index contributed by atoms with van der Waals surface area (Å²) in [7, 11) is 0. The molecule has 0 heterocycles. The normalized spacial score (nSPS) is 29.0. The number of hydrogen-bond acceptors (Lipinski definition) is 0. The average Bonchev–Trinajstić information content (AvgIpc) is 2.06. The second-order valence-electron chi connectivity index (χ2n) is 3.43. The van der Waals surface area contributed by atoms with E-state index in [9.17, 15) is 0 Å². The molecule has 0 aromatic carbocycles. The third-order valence-electron chi connectivity index (χ3n) is 2.66. The van der Waals surface area contributed by atoms with E-state index in [1.807, 2.05) is 0 Å². The van der Waals surface area contributed by atoms with E-state index in [2.05, 4.69) is 31.2 Å². The monoisotopic (exact) mass is 146 g/mol. The minimum Gasteiger partial charge on any atom is -0.0841 e. The fraction of sp³-hybridized carbons (Fsp3) is 0.455. The van der Waals surface area contributed by atoms with Crippen LogP contribution in [0, 0.1) is 5.92 Å². The third kappa shape index (κ3) is 1.18. The second-order valence-corrected chi connectivity index (χ2v) is 3.43. The number of allylic oxidation sites excluding steroid dienone is 6. The van der Waals surface area contributed by atoms with Gasteiger partial charge in [-0.1, -0.05) is 42.4 Å². The van der Waals surface area contributed by atoms with Gasteiger partial charge in [0, 0.05) is 0 Å². The first-order valence-electron chi connectivity index (χ1n) is 4.40. The summed E-state index contributed by atoms with van der Waals surface area (Å²) in [6.07, 6.45) is 12.8. The highest BCUT2D eigenvalue weighted by atomic mass is 14.2. The van der Waals surface area contributed by atoms with Gasteiger partial charge in [-0.25, -0.2) is 0 Å². The van der Waals surface area contributed by atoms with Gasteiger partial charge in [0.2, 0.25) is 0 Å². The Labute approximate surface area is 68.3 Å². The van der Waals surface area contributed by atoms with Crippen molar-refractivity contribution in [3.63, 3.8) is 0 Å². The average molecular weight is 146 g/mol. The summed E-state index contributed by atoms with van der Waals surface area (Å²) in [5.41, 5.74) is 3.34. The van der Waals surface area contributed by atoms with Crippen molar-refractivity contribution in [3.8, 4) is 0 Å². The first-order valence-corrected chi connectivity index (χ1v) is 4.40. The van der Waals surface area contributed by atoms with Gasteiger partial charge < -0.3 is 0 Å². The summed E-state index contributed by atoms with van der Waals surface area (Å²) in [6, 6.07) is 0. The third-order valence-corrected chi connectivity index (χ3v) is 2.66. The summed E-state index contributed by atoms with van der Waals surface area (Å²) < 4.78 is 0. The molecule has 2 rings (SSSR count). The predicted molar refractivity (Wildman–Crippen MR) is 48.3 cm³/mol. The molecule has 58 valence electrons. The standard InChI is InChI=1S/C11H14/c1-9-5-4-7-10-6-2-3-8-11(9)10/h2-5,9H,6-8H2,1H3. The molecule has 0 heteroatoms. The fourth-order valence-electron chi connectivity index (χ4n) is 1.96. The molecule has 0 nitrogen and oxygen atoms in total. The summed E-state index contributed by atoms with van der Waals surface area (Å²) in [4.78, 5) is 0. The Morgan fingerprint density at radius 1 is 1.09 bits per heavy atom. The van der Waals surface area contributed by atoms with Crippen LogP contribution in [0.2, 0.25) is 0 Å². The molecule has 0 amide bonds. The predicted octanol–water partition coefficient (Wildman–Crippen LogP) is 3.23. The SMILES string of the molecule is CC1C=CCC2=C1CC=CC2. The second kappa shape index (κ2) is 2.69. The zero-order chi connectivity index (χ0) is 7.68.